The molecule has 0 saturated heterocycles. The van der Waals surface area contributed by atoms with Crippen molar-refractivity contribution in [3.8, 4) is 0 Å². The molecule has 0 fully saturated rings. The van der Waals surface area contributed by atoms with Gasteiger partial charge in [-0.2, -0.15) is 5.10 Å². The SMILES string of the molecule is CCCc1[nH]nc(C(=O)NC(CO)CC(C)(C)C)c1[N+](=O)[O-]. The number of carbonyl (C=O) groups excluding carboxylic acids is 1. The summed E-state index contributed by atoms with van der Waals surface area (Å²) in [5, 5.41) is 29.5. The minimum Gasteiger partial charge on any atom is -0.394 e. The molecule has 0 radical (unpaired) electrons. The normalized spacial score (nSPS) is 13.0. The second-order valence-corrected chi connectivity index (χ2v) is 6.52. The van der Waals surface area contributed by atoms with E-state index in [0.29, 0.717) is 25.0 Å². The maximum Gasteiger partial charge on any atom is 0.322 e. The van der Waals surface area contributed by atoms with E-state index in [4.69, 9.17) is 0 Å². The predicted molar refractivity (Wildman–Crippen MR) is 81.6 cm³/mol. The van der Waals surface area contributed by atoms with Crippen LogP contribution in [0.2, 0.25) is 0 Å². The van der Waals surface area contributed by atoms with E-state index in [1.807, 2.05) is 27.7 Å². The van der Waals surface area contributed by atoms with Gasteiger partial charge in [-0.3, -0.25) is 20.0 Å². The number of H-pyrrole nitrogens is 1. The van der Waals surface area contributed by atoms with Crippen LogP contribution in [0.3, 0.4) is 0 Å². The molecule has 0 saturated carbocycles. The number of rotatable bonds is 7. The van der Waals surface area contributed by atoms with Crippen LogP contribution in [0.15, 0.2) is 0 Å². The van der Waals surface area contributed by atoms with Gasteiger partial charge in [0.25, 0.3) is 5.91 Å². The standard InChI is InChI=1S/C14H24N4O4/c1-5-6-10-12(18(21)22)11(17-16-10)13(20)15-9(8-19)7-14(2,3)4/h9,19H,5-8H2,1-4H3,(H,15,20)(H,16,17). The smallest absolute Gasteiger partial charge is 0.322 e. The van der Waals surface area contributed by atoms with Crippen molar-refractivity contribution in [1.29, 1.82) is 0 Å². The molecule has 1 unspecified atom stereocenters. The van der Waals surface area contributed by atoms with Crippen molar-refractivity contribution >= 4 is 11.6 Å². The minimum absolute atomic E-state index is 0.0917. The Labute approximate surface area is 129 Å². The lowest BCUT2D eigenvalue weighted by Crippen LogP contribution is -2.40. The number of aliphatic hydroxyl groups excluding tert-OH is 1. The number of aryl methyl sites for hydroxylation is 1. The zero-order valence-electron chi connectivity index (χ0n) is 13.5. The molecule has 1 rings (SSSR count). The van der Waals surface area contributed by atoms with Gasteiger partial charge >= 0.3 is 5.69 Å². The number of amides is 1. The van der Waals surface area contributed by atoms with E-state index in [-0.39, 0.29) is 23.4 Å². The third kappa shape index (κ3) is 4.80. The van der Waals surface area contributed by atoms with E-state index in [1.54, 1.807) is 0 Å². The van der Waals surface area contributed by atoms with Crippen molar-refractivity contribution in [1.82, 2.24) is 15.5 Å². The predicted octanol–water partition coefficient (Wildman–Crippen LogP) is 1.80. The van der Waals surface area contributed by atoms with Gasteiger partial charge in [-0.15, -0.1) is 0 Å². The third-order valence-corrected chi connectivity index (χ3v) is 3.12. The highest BCUT2D eigenvalue weighted by Crippen LogP contribution is 2.24. The number of aliphatic hydroxyl groups is 1. The molecule has 1 aromatic rings. The van der Waals surface area contributed by atoms with Gasteiger partial charge in [-0.05, 0) is 18.3 Å². The number of hydrogen-bond acceptors (Lipinski definition) is 5. The molecular formula is C14H24N4O4. The number of nitrogens with zero attached hydrogens (tertiary/aromatic N) is 2. The Hall–Kier alpha value is -1.96. The topological polar surface area (TPSA) is 121 Å². The van der Waals surface area contributed by atoms with Crippen LogP contribution >= 0.6 is 0 Å². The van der Waals surface area contributed by atoms with E-state index in [1.165, 1.54) is 0 Å². The van der Waals surface area contributed by atoms with Crippen LogP contribution in [0.4, 0.5) is 5.69 Å². The van der Waals surface area contributed by atoms with Crippen LogP contribution in [0, 0.1) is 15.5 Å². The Kier molecular flexibility index (Phi) is 6.04. The van der Waals surface area contributed by atoms with Crippen LogP contribution in [-0.4, -0.2) is 38.8 Å². The van der Waals surface area contributed by atoms with Crippen molar-refractivity contribution in [2.45, 2.75) is 53.0 Å². The van der Waals surface area contributed by atoms with Crippen molar-refractivity contribution in [2.24, 2.45) is 5.41 Å². The molecule has 3 N–H and O–H groups in total. The lowest BCUT2D eigenvalue weighted by molar-refractivity contribution is -0.385. The second-order valence-electron chi connectivity index (χ2n) is 6.52. The zero-order valence-corrected chi connectivity index (χ0v) is 13.5. The number of carbonyl (C=O) groups is 1. The maximum absolute atomic E-state index is 12.2. The van der Waals surface area contributed by atoms with Crippen LogP contribution in [0.25, 0.3) is 0 Å². The lowest BCUT2D eigenvalue weighted by atomic mass is 9.88. The van der Waals surface area contributed by atoms with Crippen LogP contribution in [0.5, 0.6) is 0 Å². The average Bonchev–Trinajstić information content (AvgIpc) is 2.80. The number of nitrogens with one attached hydrogen (secondary N) is 2. The summed E-state index contributed by atoms with van der Waals surface area (Å²) in [7, 11) is 0. The van der Waals surface area contributed by atoms with E-state index in [2.05, 4.69) is 15.5 Å². The fourth-order valence-corrected chi connectivity index (χ4v) is 2.31. The summed E-state index contributed by atoms with van der Waals surface area (Å²) in [6.45, 7) is 7.60. The molecule has 0 bridgehead atoms. The molecule has 0 aliphatic carbocycles. The first-order chi connectivity index (χ1) is 10.2. The third-order valence-electron chi connectivity index (χ3n) is 3.12. The summed E-state index contributed by atoms with van der Waals surface area (Å²) < 4.78 is 0. The first kappa shape index (κ1) is 18.1. The minimum atomic E-state index is -0.645. The van der Waals surface area contributed by atoms with Gasteiger partial charge in [0, 0.05) is 0 Å². The molecule has 22 heavy (non-hydrogen) atoms. The van der Waals surface area contributed by atoms with E-state index < -0.39 is 16.9 Å². The number of aromatic amines is 1. The monoisotopic (exact) mass is 312 g/mol. The molecule has 0 aliphatic heterocycles. The van der Waals surface area contributed by atoms with Crippen LogP contribution in [0.1, 0.15) is 56.7 Å². The average molecular weight is 312 g/mol. The highest BCUT2D eigenvalue weighted by atomic mass is 16.6. The molecule has 1 aromatic heterocycles. The number of aromatic nitrogens is 2. The molecule has 124 valence electrons. The zero-order chi connectivity index (χ0) is 16.9. The fraction of sp³-hybridized carbons (Fsp3) is 0.714. The van der Waals surface area contributed by atoms with Crippen LogP contribution in [-0.2, 0) is 6.42 Å². The summed E-state index contributed by atoms with van der Waals surface area (Å²) in [5.41, 5.74) is -0.271. The molecule has 0 spiro atoms. The largest absolute Gasteiger partial charge is 0.394 e. The lowest BCUT2D eigenvalue weighted by Gasteiger charge is -2.25. The number of nitro groups is 1. The van der Waals surface area contributed by atoms with Gasteiger partial charge in [-0.1, -0.05) is 34.1 Å². The second kappa shape index (κ2) is 7.35. The Bertz CT molecular complexity index is 533. The molecule has 0 aromatic carbocycles. The van der Waals surface area contributed by atoms with Crippen molar-refractivity contribution in [3.05, 3.63) is 21.5 Å². The summed E-state index contributed by atoms with van der Waals surface area (Å²) in [6.07, 6.45) is 1.70. The fourth-order valence-electron chi connectivity index (χ4n) is 2.31. The van der Waals surface area contributed by atoms with Gasteiger partial charge < -0.3 is 10.4 Å². The van der Waals surface area contributed by atoms with Crippen molar-refractivity contribution in [3.63, 3.8) is 0 Å². The Morgan fingerprint density at radius 1 is 1.50 bits per heavy atom. The van der Waals surface area contributed by atoms with Gasteiger partial charge in [0.15, 0.2) is 0 Å². The van der Waals surface area contributed by atoms with Crippen LogP contribution < -0.4 is 5.32 Å². The molecule has 8 heteroatoms. The Morgan fingerprint density at radius 2 is 2.14 bits per heavy atom. The summed E-state index contributed by atoms with van der Waals surface area (Å²) in [4.78, 5) is 22.8. The quantitative estimate of drug-likeness (QED) is 0.523. The molecule has 1 amide bonds. The van der Waals surface area contributed by atoms with E-state index >= 15 is 0 Å². The van der Waals surface area contributed by atoms with Gasteiger partial charge in [0.1, 0.15) is 5.69 Å². The maximum atomic E-state index is 12.2. The summed E-state index contributed by atoms with van der Waals surface area (Å²) >= 11 is 0. The van der Waals surface area contributed by atoms with Gasteiger partial charge in [0.2, 0.25) is 5.69 Å². The molecular weight excluding hydrogens is 288 g/mol. The van der Waals surface area contributed by atoms with E-state index in [9.17, 15) is 20.0 Å². The highest BCUT2D eigenvalue weighted by molar-refractivity contribution is 5.96. The summed E-state index contributed by atoms with van der Waals surface area (Å²) in [6, 6.07) is -0.474. The molecule has 1 heterocycles. The number of hydrogen-bond donors (Lipinski definition) is 3. The van der Waals surface area contributed by atoms with Gasteiger partial charge in [-0.25, -0.2) is 0 Å². The van der Waals surface area contributed by atoms with E-state index in [0.717, 1.165) is 0 Å². The first-order valence-corrected chi connectivity index (χ1v) is 7.33. The molecule has 0 aliphatic rings. The van der Waals surface area contributed by atoms with Crippen molar-refractivity contribution < 1.29 is 14.8 Å². The highest BCUT2D eigenvalue weighted by Gasteiger charge is 2.30. The van der Waals surface area contributed by atoms with Crippen molar-refractivity contribution in [2.75, 3.05) is 6.61 Å². The van der Waals surface area contributed by atoms with Gasteiger partial charge in [0.05, 0.1) is 17.6 Å². The molecule has 8 nitrogen and oxygen atoms in total. The Morgan fingerprint density at radius 3 is 2.59 bits per heavy atom. The Balaban J connectivity index is 2.95. The first-order valence-electron chi connectivity index (χ1n) is 7.33. The molecule has 1 atom stereocenters. The summed E-state index contributed by atoms with van der Waals surface area (Å²) in [5.74, 6) is -0.645.